The Morgan fingerprint density at radius 3 is 2.35 bits per heavy atom. The highest BCUT2D eigenvalue weighted by atomic mass is 35.5. The average molecular weight is 292 g/mol. The molecule has 1 rings (SSSR count). The lowest BCUT2D eigenvalue weighted by atomic mass is 10.0. The first kappa shape index (κ1) is 15.2. The van der Waals surface area contributed by atoms with Crippen molar-refractivity contribution in [1.29, 1.82) is 0 Å². The van der Waals surface area contributed by atoms with Gasteiger partial charge in [-0.2, -0.15) is 0 Å². The maximum atomic E-state index is 5.97. The summed E-state index contributed by atoms with van der Waals surface area (Å²) in [4.78, 5) is 1.30. The zero-order chi connectivity index (χ0) is 12.6. The van der Waals surface area contributed by atoms with Gasteiger partial charge < -0.3 is 5.32 Å². The molecule has 0 fully saturated rings. The molecule has 1 aromatic rings. The van der Waals surface area contributed by atoms with Gasteiger partial charge in [0.15, 0.2) is 0 Å². The van der Waals surface area contributed by atoms with E-state index in [4.69, 9.17) is 23.2 Å². The van der Waals surface area contributed by atoms with Crippen LogP contribution in [-0.4, -0.2) is 29.6 Å². The fourth-order valence-electron chi connectivity index (χ4n) is 1.45. The minimum atomic E-state index is -0.111. The van der Waals surface area contributed by atoms with E-state index in [1.54, 1.807) is 0 Å². The second kappa shape index (κ2) is 8.25. The standard InChI is InChI=1S/C13H19Cl2NS/c1-2-13(10-14,11-15)16-8-9-17-12-6-4-3-5-7-12/h3-7,16H,2,8-11H2,1H3. The first-order chi connectivity index (χ1) is 8.26. The summed E-state index contributed by atoms with van der Waals surface area (Å²) in [5.41, 5.74) is -0.111. The summed E-state index contributed by atoms with van der Waals surface area (Å²) >= 11 is 13.8. The van der Waals surface area contributed by atoms with Gasteiger partial charge in [-0.05, 0) is 18.6 Å². The highest BCUT2D eigenvalue weighted by molar-refractivity contribution is 7.99. The molecule has 0 radical (unpaired) electrons. The van der Waals surface area contributed by atoms with E-state index in [0.717, 1.165) is 18.7 Å². The zero-order valence-electron chi connectivity index (χ0n) is 10.1. The van der Waals surface area contributed by atoms with Gasteiger partial charge in [0.2, 0.25) is 0 Å². The Bertz CT molecular complexity index is 293. The summed E-state index contributed by atoms with van der Waals surface area (Å²) < 4.78 is 0. The molecule has 0 saturated heterocycles. The zero-order valence-corrected chi connectivity index (χ0v) is 12.4. The normalized spacial score (nSPS) is 11.7. The largest absolute Gasteiger partial charge is 0.308 e. The van der Waals surface area contributed by atoms with Gasteiger partial charge in [0.25, 0.3) is 0 Å². The van der Waals surface area contributed by atoms with Crippen molar-refractivity contribution in [2.75, 3.05) is 24.1 Å². The van der Waals surface area contributed by atoms with Gasteiger partial charge in [-0.25, -0.2) is 0 Å². The number of benzene rings is 1. The number of nitrogens with one attached hydrogen (secondary N) is 1. The lowest BCUT2D eigenvalue weighted by molar-refractivity contribution is 0.399. The molecule has 1 N–H and O–H groups in total. The first-order valence-electron chi connectivity index (χ1n) is 5.81. The van der Waals surface area contributed by atoms with Gasteiger partial charge in [-0.3, -0.25) is 0 Å². The molecule has 0 unspecified atom stereocenters. The Kier molecular flexibility index (Phi) is 7.36. The molecular weight excluding hydrogens is 273 g/mol. The van der Waals surface area contributed by atoms with Crippen molar-refractivity contribution in [2.24, 2.45) is 0 Å². The van der Waals surface area contributed by atoms with Gasteiger partial charge in [0.05, 0.1) is 0 Å². The first-order valence-corrected chi connectivity index (χ1v) is 7.86. The van der Waals surface area contributed by atoms with E-state index >= 15 is 0 Å². The monoisotopic (exact) mass is 291 g/mol. The van der Waals surface area contributed by atoms with Crippen molar-refractivity contribution in [3.8, 4) is 0 Å². The average Bonchev–Trinajstić information content (AvgIpc) is 2.41. The number of alkyl halides is 2. The smallest absolute Gasteiger partial charge is 0.0451 e. The van der Waals surface area contributed by atoms with Gasteiger partial charge in [-0.1, -0.05) is 25.1 Å². The Balaban J connectivity index is 2.28. The number of hydrogen-bond acceptors (Lipinski definition) is 2. The van der Waals surface area contributed by atoms with E-state index in [1.165, 1.54) is 4.90 Å². The second-order valence-electron chi connectivity index (χ2n) is 3.99. The number of hydrogen-bond donors (Lipinski definition) is 1. The molecule has 0 aromatic heterocycles. The summed E-state index contributed by atoms with van der Waals surface area (Å²) in [6.45, 7) is 3.04. The molecule has 0 aliphatic carbocycles. The highest BCUT2D eigenvalue weighted by Gasteiger charge is 2.24. The van der Waals surface area contributed by atoms with E-state index in [-0.39, 0.29) is 5.54 Å². The van der Waals surface area contributed by atoms with Crippen molar-refractivity contribution >= 4 is 35.0 Å². The molecule has 96 valence electrons. The van der Waals surface area contributed by atoms with Crippen molar-refractivity contribution in [2.45, 2.75) is 23.8 Å². The predicted octanol–water partition coefficient (Wildman–Crippen LogP) is 3.99. The molecule has 0 atom stereocenters. The highest BCUT2D eigenvalue weighted by Crippen LogP contribution is 2.18. The second-order valence-corrected chi connectivity index (χ2v) is 5.69. The lowest BCUT2D eigenvalue weighted by Gasteiger charge is -2.29. The van der Waals surface area contributed by atoms with Crippen LogP contribution in [0.3, 0.4) is 0 Å². The van der Waals surface area contributed by atoms with Crippen LogP contribution >= 0.6 is 35.0 Å². The van der Waals surface area contributed by atoms with Gasteiger partial charge in [0.1, 0.15) is 0 Å². The van der Waals surface area contributed by atoms with Gasteiger partial charge >= 0.3 is 0 Å². The van der Waals surface area contributed by atoms with Gasteiger partial charge in [-0.15, -0.1) is 35.0 Å². The minimum Gasteiger partial charge on any atom is -0.308 e. The molecule has 0 spiro atoms. The minimum absolute atomic E-state index is 0.111. The SMILES string of the molecule is CCC(CCl)(CCl)NCCSc1ccccc1. The molecule has 1 nitrogen and oxygen atoms in total. The number of halogens is 2. The Hall–Kier alpha value is 0.110. The van der Waals surface area contributed by atoms with E-state index in [9.17, 15) is 0 Å². The van der Waals surface area contributed by atoms with Gasteiger partial charge in [0, 0.05) is 34.5 Å². The van der Waals surface area contributed by atoms with Crippen LogP contribution in [0.5, 0.6) is 0 Å². The summed E-state index contributed by atoms with van der Waals surface area (Å²) in [5.74, 6) is 2.14. The van der Waals surface area contributed by atoms with Crippen LogP contribution < -0.4 is 5.32 Å². The van der Waals surface area contributed by atoms with Crippen LogP contribution in [0.2, 0.25) is 0 Å². The molecule has 0 amide bonds. The van der Waals surface area contributed by atoms with E-state index in [2.05, 4.69) is 36.5 Å². The lowest BCUT2D eigenvalue weighted by Crippen LogP contribution is -2.49. The Morgan fingerprint density at radius 2 is 1.82 bits per heavy atom. The quantitative estimate of drug-likeness (QED) is 0.441. The van der Waals surface area contributed by atoms with E-state index in [1.807, 2.05) is 17.8 Å². The molecule has 1 aromatic carbocycles. The molecule has 0 bridgehead atoms. The third-order valence-corrected chi connectivity index (χ3v) is 4.84. The fraction of sp³-hybridized carbons (Fsp3) is 0.538. The molecular formula is C13H19Cl2NS. The third kappa shape index (κ3) is 5.09. The van der Waals surface area contributed by atoms with Crippen molar-refractivity contribution < 1.29 is 0 Å². The maximum absolute atomic E-state index is 5.97. The molecule has 0 saturated carbocycles. The topological polar surface area (TPSA) is 12.0 Å². The Morgan fingerprint density at radius 1 is 1.18 bits per heavy atom. The summed E-state index contributed by atoms with van der Waals surface area (Å²) in [6.07, 6.45) is 0.954. The number of rotatable bonds is 8. The van der Waals surface area contributed by atoms with Crippen LogP contribution in [0.15, 0.2) is 35.2 Å². The fourth-order valence-corrected chi connectivity index (χ4v) is 3.09. The van der Waals surface area contributed by atoms with E-state index in [0.29, 0.717) is 11.8 Å². The molecule has 0 heterocycles. The van der Waals surface area contributed by atoms with Crippen molar-refractivity contribution in [1.82, 2.24) is 5.32 Å². The maximum Gasteiger partial charge on any atom is 0.0451 e. The predicted molar refractivity (Wildman–Crippen MR) is 79.6 cm³/mol. The van der Waals surface area contributed by atoms with Crippen LogP contribution in [-0.2, 0) is 0 Å². The number of thioether (sulfide) groups is 1. The molecule has 0 aliphatic heterocycles. The summed E-state index contributed by atoms with van der Waals surface area (Å²) in [6, 6.07) is 10.4. The van der Waals surface area contributed by atoms with Crippen LogP contribution in [0.25, 0.3) is 0 Å². The molecule has 17 heavy (non-hydrogen) atoms. The van der Waals surface area contributed by atoms with Crippen LogP contribution in [0, 0.1) is 0 Å². The van der Waals surface area contributed by atoms with E-state index < -0.39 is 0 Å². The molecule has 4 heteroatoms. The van der Waals surface area contributed by atoms with Crippen molar-refractivity contribution in [3.05, 3.63) is 30.3 Å². The summed E-state index contributed by atoms with van der Waals surface area (Å²) in [7, 11) is 0. The molecule has 0 aliphatic rings. The van der Waals surface area contributed by atoms with Crippen LogP contribution in [0.4, 0.5) is 0 Å². The third-order valence-electron chi connectivity index (χ3n) is 2.80. The Labute approximate surface area is 118 Å². The van der Waals surface area contributed by atoms with Crippen molar-refractivity contribution in [3.63, 3.8) is 0 Å². The van der Waals surface area contributed by atoms with Crippen LogP contribution in [0.1, 0.15) is 13.3 Å². The summed E-state index contributed by atoms with van der Waals surface area (Å²) in [5, 5.41) is 3.47.